The maximum atomic E-state index is 12.3. The van der Waals surface area contributed by atoms with Crippen molar-refractivity contribution in [3.05, 3.63) is 72.1 Å². The van der Waals surface area contributed by atoms with E-state index < -0.39 is 9.84 Å². The quantitative estimate of drug-likeness (QED) is 0.789. The van der Waals surface area contributed by atoms with Crippen molar-refractivity contribution in [1.82, 2.24) is 4.90 Å². The van der Waals surface area contributed by atoms with Crippen LogP contribution in [0.3, 0.4) is 0 Å². The molecule has 5 nitrogen and oxygen atoms in total. The van der Waals surface area contributed by atoms with Crippen molar-refractivity contribution in [2.24, 2.45) is 0 Å². The smallest absolute Gasteiger partial charge is 0.247 e. The van der Waals surface area contributed by atoms with Crippen molar-refractivity contribution < 1.29 is 13.2 Å². The molecule has 0 atom stereocenters. The molecule has 1 aliphatic heterocycles. The summed E-state index contributed by atoms with van der Waals surface area (Å²) in [6.07, 6.45) is 1.15. The summed E-state index contributed by atoms with van der Waals surface area (Å²) in [5.41, 5.74) is 1.14. The van der Waals surface area contributed by atoms with Crippen LogP contribution in [-0.2, 0) is 14.6 Å². The van der Waals surface area contributed by atoms with Crippen LogP contribution in [0.1, 0.15) is 0 Å². The van der Waals surface area contributed by atoms with Gasteiger partial charge < -0.3 is 9.80 Å². The third kappa shape index (κ3) is 4.28. The molecule has 3 rings (SSSR count). The second kappa shape index (κ2) is 7.53. The van der Waals surface area contributed by atoms with Gasteiger partial charge in [0, 0.05) is 43.4 Å². The minimum absolute atomic E-state index is 0.188. The molecule has 1 heterocycles. The van der Waals surface area contributed by atoms with Gasteiger partial charge in [-0.25, -0.2) is 8.42 Å². The van der Waals surface area contributed by atoms with Gasteiger partial charge in [-0.05, 0) is 24.3 Å². The second-order valence-electron chi connectivity index (χ2n) is 5.81. The van der Waals surface area contributed by atoms with Crippen molar-refractivity contribution in [2.75, 3.05) is 31.1 Å². The molecular formula is C19H20N2O3S. The van der Waals surface area contributed by atoms with Crippen LogP contribution in [0, 0.1) is 0 Å². The highest BCUT2D eigenvalue weighted by Crippen LogP contribution is 2.16. The third-order valence-electron chi connectivity index (χ3n) is 4.17. The van der Waals surface area contributed by atoms with Crippen LogP contribution in [0.5, 0.6) is 0 Å². The second-order valence-corrected chi connectivity index (χ2v) is 7.64. The van der Waals surface area contributed by atoms with Crippen LogP contribution in [0.15, 0.2) is 77.0 Å². The fourth-order valence-corrected chi connectivity index (χ4v) is 3.75. The zero-order chi connectivity index (χ0) is 17.7. The van der Waals surface area contributed by atoms with E-state index in [0.29, 0.717) is 13.1 Å². The number of rotatable bonds is 4. The van der Waals surface area contributed by atoms with Crippen molar-refractivity contribution in [3.8, 4) is 0 Å². The summed E-state index contributed by atoms with van der Waals surface area (Å²) in [4.78, 5) is 16.4. The summed E-state index contributed by atoms with van der Waals surface area (Å²) in [6.45, 7) is 2.61. The van der Waals surface area contributed by atoms with E-state index in [2.05, 4.69) is 4.90 Å². The minimum Gasteiger partial charge on any atom is -0.368 e. The lowest BCUT2D eigenvalue weighted by molar-refractivity contribution is -0.126. The normalized spacial score (nSPS) is 15.5. The Morgan fingerprint density at radius 2 is 1.40 bits per heavy atom. The molecule has 25 heavy (non-hydrogen) atoms. The van der Waals surface area contributed by atoms with E-state index in [1.54, 1.807) is 23.1 Å². The molecular weight excluding hydrogens is 336 g/mol. The Balaban J connectivity index is 1.60. The van der Waals surface area contributed by atoms with Crippen molar-refractivity contribution in [2.45, 2.75) is 4.90 Å². The van der Waals surface area contributed by atoms with E-state index in [1.165, 1.54) is 12.1 Å². The summed E-state index contributed by atoms with van der Waals surface area (Å²) in [7, 11) is -3.59. The molecule has 0 bridgehead atoms. The lowest BCUT2D eigenvalue weighted by Crippen LogP contribution is -2.48. The number of nitrogens with zero attached hydrogens (tertiary/aromatic N) is 2. The zero-order valence-electron chi connectivity index (χ0n) is 13.8. The van der Waals surface area contributed by atoms with Gasteiger partial charge in [0.15, 0.2) is 9.84 Å². The number of hydrogen-bond donors (Lipinski definition) is 0. The third-order valence-corrected chi connectivity index (χ3v) is 5.60. The van der Waals surface area contributed by atoms with Gasteiger partial charge >= 0.3 is 0 Å². The fourth-order valence-electron chi connectivity index (χ4n) is 2.77. The Labute approximate surface area is 148 Å². The van der Waals surface area contributed by atoms with Gasteiger partial charge in [-0.15, -0.1) is 0 Å². The van der Waals surface area contributed by atoms with Crippen LogP contribution in [0.2, 0.25) is 0 Å². The largest absolute Gasteiger partial charge is 0.368 e. The van der Waals surface area contributed by atoms with Crippen LogP contribution >= 0.6 is 0 Å². The molecule has 0 radical (unpaired) electrons. The number of piperazine rings is 1. The minimum atomic E-state index is -3.59. The molecule has 2 aromatic carbocycles. The molecule has 0 aliphatic carbocycles. The molecule has 0 N–H and O–H groups in total. The first-order valence-electron chi connectivity index (χ1n) is 8.13. The molecule has 2 aromatic rings. The van der Waals surface area contributed by atoms with Crippen LogP contribution < -0.4 is 4.90 Å². The van der Waals surface area contributed by atoms with Gasteiger partial charge in [-0.3, -0.25) is 4.79 Å². The Morgan fingerprint density at radius 3 is 2.00 bits per heavy atom. The number of hydrogen-bond acceptors (Lipinski definition) is 4. The standard InChI is InChI=1S/C19H20N2O3S/c22-19(11-16-25(23,24)18-9-5-2-6-10-18)21-14-12-20(13-15-21)17-7-3-1-4-8-17/h1-11,16H,12-15H2/b16-11+. The molecule has 1 saturated heterocycles. The van der Waals surface area contributed by atoms with E-state index in [4.69, 9.17) is 0 Å². The summed E-state index contributed by atoms with van der Waals surface area (Å²) >= 11 is 0. The first-order chi connectivity index (χ1) is 12.1. The van der Waals surface area contributed by atoms with E-state index in [9.17, 15) is 13.2 Å². The molecule has 0 saturated carbocycles. The van der Waals surface area contributed by atoms with E-state index in [-0.39, 0.29) is 10.8 Å². The van der Waals surface area contributed by atoms with Gasteiger partial charge in [0.05, 0.1) is 4.90 Å². The van der Waals surface area contributed by atoms with Crippen molar-refractivity contribution in [1.29, 1.82) is 0 Å². The van der Waals surface area contributed by atoms with E-state index in [0.717, 1.165) is 30.3 Å². The molecule has 0 unspecified atom stereocenters. The highest BCUT2D eigenvalue weighted by atomic mass is 32.2. The maximum absolute atomic E-state index is 12.3. The summed E-state index contributed by atoms with van der Waals surface area (Å²) in [5, 5.41) is 0.994. The zero-order valence-corrected chi connectivity index (χ0v) is 14.6. The highest BCUT2D eigenvalue weighted by molar-refractivity contribution is 7.94. The SMILES string of the molecule is O=C(/C=C/S(=O)(=O)c1ccccc1)N1CCN(c2ccccc2)CC1. The molecule has 1 amide bonds. The van der Waals surface area contributed by atoms with Crippen molar-refractivity contribution in [3.63, 3.8) is 0 Å². The Morgan fingerprint density at radius 1 is 0.840 bits per heavy atom. The monoisotopic (exact) mass is 356 g/mol. The predicted octanol–water partition coefficient (Wildman–Crippen LogP) is 2.32. The van der Waals surface area contributed by atoms with Crippen LogP contribution in [-0.4, -0.2) is 45.4 Å². The predicted molar refractivity (Wildman–Crippen MR) is 98.0 cm³/mol. The molecule has 0 spiro atoms. The summed E-state index contributed by atoms with van der Waals surface area (Å²) < 4.78 is 24.4. The first-order valence-corrected chi connectivity index (χ1v) is 9.68. The van der Waals surface area contributed by atoms with Crippen LogP contribution in [0.4, 0.5) is 5.69 Å². The maximum Gasteiger partial charge on any atom is 0.247 e. The number of benzene rings is 2. The summed E-state index contributed by atoms with van der Waals surface area (Å²) in [6, 6.07) is 18.1. The lowest BCUT2D eigenvalue weighted by atomic mass is 10.2. The average molecular weight is 356 g/mol. The van der Waals surface area contributed by atoms with Gasteiger partial charge in [0.2, 0.25) is 5.91 Å². The molecule has 1 fully saturated rings. The average Bonchev–Trinajstić information content (AvgIpc) is 2.68. The number of anilines is 1. The number of carbonyl (C=O) groups excluding carboxylic acids is 1. The number of para-hydroxylation sites is 1. The number of amides is 1. The Bertz CT molecular complexity index is 841. The molecule has 130 valence electrons. The topological polar surface area (TPSA) is 57.7 Å². The van der Waals surface area contributed by atoms with Gasteiger partial charge in [0.25, 0.3) is 0 Å². The van der Waals surface area contributed by atoms with Gasteiger partial charge in [-0.1, -0.05) is 36.4 Å². The Hall–Kier alpha value is -2.60. The first kappa shape index (κ1) is 17.2. The van der Waals surface area contributed by atoms with Gasteiger partial charge in [0.1, 0.15) is 0 Å². The number of sulfone groups is 1. The van der Waals surface area contributed by atoms with Crippen LogP contribution in [0.25, 0.3) is 0 Å². The highest BCUT2D eigenvalue weighted by Gasteiger charge is 2.20. The summed E-state index contributed by atoms with van der Waals surface area (Å²) in [5.74, 6) is -0.271. The van der Waals surface area contributed by atoms with E-state index in [1.807, 2.05) is 30.3 Å². The molecule has 0 aromatic heterocycles. The lowest BCUT2D eigenvalue weighted by Gasteiger charge is -2.35. The van der Waals surface area contributed by atoms with Gasteiger partial charge in [-0.2, -0.15) is 0 Å². The molecule has 1 aliphatic rings. The number of carbonyl (C=O) groups is 1. The fraction of sp³-hybridized carbons (Fsp3) is 0.211. The Kier molecular flexibility index (Phi) is 5.19. The van der Waals surface area contributed by atoms with E-state index >= 15 is 0 Å². The molecule has 6 heteroatoms. The van der Waals surface area contributed by atoms with Crippen molar-refractivity contribution >= 4 is 21.4 Å².